The molecule has 0 aromatic heterocycles. The zero-order valence-corrected chi connectivity index (χ0v) is 8.56. The number of hydrogen-bond acceptors (Lipinski definition) is 2. The average Bonchev–Trinajstić information content (AvgIpc) is 2.46. The van der Waals surface area contributed by atoms with Crippen LogP contribution in [0.1, 0.15) is 12.0 Å². The van der Waals surface area contributed by atoms with Gasteiger partial charge in [-0.2, -0.15) is 0 Å². The third kappa shape index (κ3) is 2.69. The summed E-state index contributed by atoms with van der Waals surface area (Å²) in [7, 11) is 0. The van der Waals surface area contributed by atoms with Crippen molar-refractivity contribution < 1.29 is 9.53 Å². The van der Waals surface area contributed by atoms with Crippen LogP contribution in [0, 0.1) is 5.92 Å². The molecular formula is C13H14O2. The Hall–Kier alpha value is -1.57. The molecule has 0 N–H and O–H groups in total. The van der Waals surface area contributed by atoms with Gasteiger partial charge in [0.05, 0.1) is 5.92 Å². The van der Waals surface area contributed by atoms with Crippen LogP contribution < -0.4 is 0 Å². The van der Waals surface area contributed by atoms with Crippen molar-refractivity contribution in [2.24, 2.45) is 5.92 Å². The van der Waals surface area contributed by atoms with Crippen LogP contribution in [0.25, 0.3) is 0 Å². The predicted octanol–water partition coefficient (Wildman–Crippen LogP) is 2.35. The summed E-state index contributed by atoms with van der Waals surface area (Å²) in [6.07, 6.45) is 5.49. The minimum atomic E-state index is -0.0798. The topological polar surface area (TPSA) is 26.3 Å². The maximum absolute atomic E-state index is 11.6. The molecule has 1 aromatic carbocycles. The zero-order chi connectivity index (χ0) is 10.5. The van der Waals surface area contributed by atoms with Crippen molar-refractivity contribution in [3.8, 4) is 0 Å². The third-order valence-corrected chi connectivity index (χ3v) is 2.57. The van der Waals surface area contributed by atoms with Crippen LogP contribution in [-0.4, -0.2) is 12.6 Å². The first-order valence-electron chi connectivity index (χ1n) is 5.22. The van der Waals surface area contributed by atoms with Crippen LogP contribution >= 0.6 is 0 Å². The summed E-state index contributed by atoms with van der Waals surface area (Å²) < 4.78 is 5.06. The maximum atomic E-state index is 11.6. The van der Waals surface area contributed by atoms with Crippen molar-refractivity contribution in [1.29, 1.82) is 0 Å². The molecule has 1 atom stereocenters. The molecule has 0 radical (unpaired) electrons. The van der Waals surface area contributed by atoms with Gasteiger partial charge in [0.15, 0.2) is 0 Å². The van der Waals surface area contributed by atoms with Crippen LogP contribution in [0.4, 0.5) is 0 Å². The van der Waals surface area contributed by atoms with Gasteiger partial charge in [-0.1, -0.05) is 42.5 Å². The lowest BCUT2D eigenvalue weighted by molar-refractivity contribution is -0.146. The molecule has 0 spiro atoms. The summed E-state index contributed by atoms with van der Waals surface area (Å²) in [6.45, 7) is 0.421. The minimum absolute atomic E-state index is 0.0221. The number of rotatable bonds is 2. The van der Waals surface area contributed by atoms with E-state index in [1.807, 2.05) is 42.5 Å². The molecule has 0 saturated carbocycles. The smallest absolute Gasteiger partial charge is 0.309 e. The highest BCUT2D eigenvalue weighted by molar-refractivity contribution is 5.73. The van der Waals surface area contributed by atoms with E-state index in [0.717, 1.165) is 12.8 Å². The van der Waals surface area contributed by atoms with E-state index in [-0.39, 0.29) is 11.9 Å². The lowest BCUT2D eigenvalue weighted by atomic mass is 9.96. The fourth-order valence-corrected chi connectivity index (χ4v) is 1.74. The lowest BCUT2D eigenvalue weighted by Crippen LogP contribution is -2.18. The van der Waals surface area contributed by atoms with Crippen LogP contribution in [0.5, 0.6) is 0 Å². The Morgan fingerprint density at radius 1 is 1.20 bits per heavy atom. The van der Waals surface area contributed by atoms with Crippen LogP contribution in [0.2, 0.25) is 0 Å². The molecule has 0 bridgehead atoms. The summed E-state index contributed by atoms with van der Waals surface area (Å²) in [5.74, 6) is -0.102. The fourth-order valence-electron chi connectivity index (χ4n) is 1.74. The van der Waals surface area contributed by atoms with Gasteiger partial charge in [-0.05, 0) is 18.4 Å². The molecule has 15 heavy (non-hydrogen) atoms. The van der Waals surface area contributed by atoms with Crippen LogP contribution in [-0.2, 0) is 16.0 Å². The van der Waals surface area contributed by atoms with E-state index in [1.165, 1.54) is 5.56 Å². The van der Waals surface area contributed by atoms with Gasteiger partial charge in [0.2, 0.25) is 0 Å². The predicted molar refractivity (Wildman–Crippen MR) is 58.4 cm³/mol. The normalized spacial score (nSPS) is 20.8. The molecule has 2 rings (SSSR count). The Kier molecular flexibility index (Phi) is 3.18. The van der Waals surface area contributed by atoms with Gasteiger partial charge < -0.3 is 4.74 Å². The van der Waals surface area contributed by atoms with Gasteiger partial charge in [-0.25, -0.2) is 0 Å². The van der Waals surface area contributed by atoms with E-state index in [1.54, 1.807) is 0 Å². The van der Waals surface area contributed by atoms with Crippen molar-refractivity contribution in [1.82, 2.24) is 0 Å². The summed E-state index contributed by atoms with van der Waals surface area (Å²) in [4.78, 5) is 11.6. The molecule has 2 heteroatoms. The van der Waals surface area contributed by atoms with E-state index in [4.69, 9.17) is 4.74 Å². The second-order valence-corrected chi connectivity index (χ2v) is 3.72. The SMILES string of the molecule is O=C1OCC=CC[C@@H]1Cc1ccccc1. The van der Waals surface area contributed by atoms with Crippen molar-refractivity contribution in [3.05, 3.63) is 48.0 Å². The average molecular weight is 202 g/mol. The van der Waals surface area contributed by atoms with E-state index in [2.05, 4.69) is 0 Å². The summed E-state index contributed by atoms with van der Waals surface area (Å²) >= 11 is 0. The highest BCUT2D eigenvalue weighted by Gasteiger charge is 2.20. The van der Waals surface area contributed by atoms with E-state index in [9.17, 15) is 4.79 Å². The Morgan fingerprint density at radius 2 is 2.00 bits per heavy atom. The fraction of sp³-hybridized carbons (Fsp3) is 0.308. The number of carbonyl (C=O) groups excluding carboxylic acids is 1. The molecule has 1 aliphatic heterocycles. The second kappa shape index (κ2) is 4.78. The molecule has 1 aliphatic rings. The molecule has 0 aliphatic carbocycles. The van der Waals surface area contributed by atoms with E-state index >= 15 is 0 Å². The standard InChI is InChI=1S/C13H14O2/c14-13-12(8-4-5-9-15-13)10-11-6-2-1-3-7-11/h1-7,12H,8-10H2/t12-/m1/s1. The van der Waals surface area contributed by atoms with E-state index in [0.29, 0.717) is 6.61 Å². The number of hydrogen-bond donors (Lipinski definition) is 0. The maximum Gasteiger partial charge on any atom is 0.309 e. The minimum Gasteiger partial charge on any atom is -0.461 e. The molecule has 0 amide bonds. The van der Waals surface area contributed by atoms with Crippen molar-refractivity contribution >= 4 is 5.97 Å². The molecule has 1 heterocycles. The van der Waals surface area contributed by atoms with Gasteiger partial charge in [0, 0.05) is 0 Å². The molecule has 0 unspecified atom stereocenters. The first kappa shape index (κ1) is 9.97. The van der Waals surface area contributed by atoms with Crippen molar-refractivity contribution in [3.63, 3.8) is 0 Å². The summed E-state index contributed by atoms with van der Waals surface area (Å²) in [5.41, 5.74) is 1.19. The lowest BCUT2D eigenvalue weighted by Gasteiger charge is -2.11. The third-order valence-electron chi connectivity index (χ3n) is 2.57. The summed E-state index contributed by atoms with van der Waals surface area (Å²) in [5, 5.41) is 0. The molecule has 78 valence electrons. The van der Waals surface area contributed by atoms with E-state index < -0.39 is 0 Å². The molecular weight excluding hydrogens is 188 g/mol. The van der Waals surface area contributed by atoms with Gasteiger partial charge >= 0.3 is 5.97 Å². The van der Waals surface area contributed by atoms with Gasteiger partial charge in [0.25, 0.3) is 0 Å². The number of ether oxygens (including phenoxy) is 1. The zero-order valence-electron chi connectivity index (χ0n) is 8.56. The summed E-state index contributed by atoms with van der Waals surface area (Å²) in [6, 6.07) is 10.1. The Labute approximate surface area is 89.6 Å². The quantitative estimate of drug-likeness (QED) is 0.543. The molecule has 0 saturated heterocycles. The Morgan fingerprint density at radius 3 is 2.80 bits per heavy atom. The number of esters is 1. The molecule has 1 aromatic rings. The van der Waals surface area contributed by atoms with Gasteiger partial charge in [-0.15, -0.1) is 0 Å². The Balaban J connectivity index is 2.04. The van der Waals surface area contributed by atoms with Crippen LogP contribution in [0.3, 0.4) is 0 Å². The number of allylic oxidation sites excluding steroid dienone is 1. The number of carbonyl (C=O) groups is 1. The van der Waals surface area contributed by atoms with Crippen molar-refractivity contribution in [2.75, 3.05) is 6.61 Å². The number of benzene rings is 1. The highest BCUT2D eigenvalue weighted by atomic mass is 16.5. The largest absolute Gasteiger partial charge is 0.461 e. The van der Waals surface area contributed by atoms with Crippen molar-refractivity contribution in [2.45, 2.75) is 12.8 Å². The Bertz CT molecular complexity index is 354. The first-order chi connectivity index (χ1) is 7.36. The highest BCUT2D eigenvalue weighted by Crippen LogP contribution is 2.16. The molecule has 2 nitrogen and oxygen atoms in total. The monoisotopic (exact) mass is 202 g/mol. The van der Waals surface area contributed by atoms with Gasteiger partial charge in [-0.3, -0.25) is 4.79 Å². The second-order valence-electron chi connectivity index (χ2n) is 3.72. The number of cyclic esters (lactones) is 1. The van der Waals surface area contributed by atoms with Gasteiger partial charge in [0.1, 0.15) is 6.61 Å². The first-order valence-corrected chi connectivity index (χ1v) is 5.22. The van der Waals surface area contributed by atoms with Crippen LogP contribution in [0.15, 0.2) is 42.5 Å². The molecule has 0 fully saturated rings.